The lowest BCUT2D eigenvalue weighted by Gasteiger charge is -2.23. The Labute approximate surface area is 169 Å². The minimum absolute atomic E-state index is 0.0507. The lowest BCUT2D eigenvalue weighted by atomic mass is 10.0. The minimum Gasteiger partial charge on any atom is -0.493 e. The number of urea groups is 1. The van der Waals surface area contributed by atoms with Crippen molar-refractivity contribution >= 4 is 34.9 Å². The number of halogens is 1. The van der Waals surface area contributed by atoms with E-state index in [1.54, 1.807) is 36.2 Å². The minimum atomic E-state index is -0.182. The fourth-order valence-corrected chi connectivity index (χ4v) is 3.17. The van der Waals surface area contributed by atoms with Gasteiger partial charge in [0.15, 0.2) is 0 Å². The van der Waals surface area contributed by atoms with Crippen molar-refractivity contribution in [1.82, 2.24) is 4.90 Å². The Balaban J connectivity index is 1.47. The third kappa shape index (κ3) is 5.39. The van der Waals surface area contributed by atoms with E-state index in [1.807, 2.05) is 25.1 Å². The van der Waals surface area contributed by atoms with Crippen LogP contribution < -0.4 is 15.4 Å². The molecule has 0 aromatic heterocycles. The molecule has 28 heavy (non-hydrogen) atoms. The molecule has 2 aromatic rings. The van der Waals surface area contributed by atoms with E-state index in [-0.39, 0.29) is 17.9 Å². The van der Waals surface area contributed by atoms with E-state index >= 15 is 0 Å². The molecule has 1 heterocycles. The van der Waals surface area contributed by atoms with Crippen molar-refractivity contribution in [2.45, 2.75) is 19.8 Å². The molecule has 0 bridgehead atoms. The molecule has 1 atom stereocenters. The number of rotatable bonds is 6. The molecule has 1 aliphatic heterocycles. The predicted octanol–water partition coefficient (Wildman–Crippen LogP) is 4.40. The van der Waals surface area contributed by atoms with E-state index < -0.39 is 0 Å². The molecule has 148 valence electrons. The first-order valence-electron chi connectivity index (χ1n) is 9.24. The normalized spacial score (nSPS) is 13.9. The average Bonchev–Trinajstić information content (AvgIpc) is 2.68. The molecule has 0 saturated carbocycles. The lowest BCUT2D eigenvalue weighted by Crippen LogP contribution is -2.36. The summed E-state index contributed by atoms with van der Waals surface area (Å²) in [5.74, 6) is 0.974. The molecule has 0 fully saturated rings. The SMILES string of the molecule is CC(COc1ccc2c(c1)CCC(=O)N2)CN(C)C(=O)Nc1ccc(Cl)cc1. The van der Waals surface area contributed by atoms with Gasteiger partial charge in [-0.15, -0.1) is 0 Å². The number of nitrogens with zero attached hydrogens (tertiary/aromatic N) is 1. The Morgan fingerprint density at radius 3 is 2.75 bits per heavy atom. The van der Waals surface area contributed by atoms with E-state index in [0.29, 0.717) is 30.3 Å². The smallest absolute Gasteiger partial charge is 0.321 e. The number of fused-ring (bicyclic) bond motifs is 1. The maximum absolute atomic E-state index is 12.3. The summed E-state index contributed by atoms with van der Waals surface area (Å²) in [6.45, 7) is 3.08. The van der Waals surface area contributed by atoms with Crippen molar-refractivity contribution in [3.05, 3.63) is 53.1 Å². The Hall–Kier alpha value is -2.73. The number of aryl methyl sites for hydroxylation is 1. The fraction of sp³-hybridized carbons (Fsp3) is 0.333. The Morgan fingerprint density at radius 1 is 1.25 bits per heavy atom. The van der Waals surface area contributed by atoms with Crippen LogP contribution in [0.3, 0.4) is 0 Å². The molecule has 3 amide bonds. The van der Waals surface area contributed by atoms with E-state index in [0.717, 1.165) is 23.4 Å². The largest absolute Gasteiger partial charge is 0.493 e. The predicted molar refractivity (Wildman–Crippen MR) is 111 cm³/mol. The standard InChI is InChI=1S/C21H24ClN3O3/c1-14(12-25(2)21(27)23-17-6-4-16(22)5-7-17)13-28-18-8-9-19-15(11-18)3-10-20(26)24-19/h4-9,11,14H,3,10,12-13H2,1-2H3,(H,23,27)(H,24,26). The topological polar surface area (TPSA) is 70.7 Å². The maximum atomic E-state index is 12.3. The van der Waals surface area contributed by atoms with Gasteiger partial charge in [0.2, 0.25) is 5.91 Å². The summed E-state index contributed by atoms with van der Waals surface area (Å²) in [4.78, 5) is 25.4. The van der Waals surface area contributed by atoms with Gasteiger partial charge in [0.1, 0.15) is 5.75 Å². The van der Waals surface area contributed by atoms with Crippen molar-refractivity contribution < 1.29 is 14.3 Å². The number of anilines is 2. The molecule has 2 N–H and O–H groups in total. The van der Waals surface area contributed by atoms with Gasteiger partial charge in [-0.05, 0) is 54.4 Å². The van der Waals surface area contributed by atoms with Crippen LogP contribution in [0.15, 0.2) is 42.5 Å². The molecular formula is C21H24ClN3O3. The van der Waals surface area contributed by atoms with E-state index in [1.165, 1.54) is 0 Å². The third-order valence-electron chi connectivity index (χ3n) is 4.53. The van der Waals surface area contributed by atoms with Crippen molar-refractivity contribution in [2.75, 3.05) is 30.8 Å². The second kappa shape index (κ2) is 8.97. The van der Waals surface area contributed by atoms with E-state index in [4.69, 9.17) is 16.3 Å². The molecule has 1 unspecified atom stereocenters. The third-order valence-corrected chi connectivity index (χ3v) is 4.79. The van der Waals surface area contributed by atoms with Crippen LogP contribution in [-0.2, 0) is 11.2 Å². The van der Waals surface area contributed by atoms with Gasteiger partial charge in [0.25, 0.3) is 0 Å². The van der Waals surface area contributed by atoms with E-state index in [2.05, 4.69) is 10.6 Å². The summed E-state index contributed by atoms with van der Waals surface area (Å²) < 4.78 is 5.89. The monoisotopic (exact) mass is 401 g/mol. The van der Waals surface area contributed by atoms with Crippen LogP contribution >= 0.6 is 11.6 Å². The highest BCUT2D eigenvalue weighted by molar-refractivity contribution is 6.30. The van der Waals surface area contributed by atoms with E-state index in [9.17, 15) is 9.59 Å². The van der Waals surface area contributed by atoms with Gasteiger partial charge in [-0.3, -0.25) is 4.79 Å². The maximum Gasteiger partial charge on any atom is 0.321 e. The van der Waals surface area contributed by atoms with Crippen LogP contribution in [0.1, 0.15) is 18.9 Å². The first-order valence-corrected chi connectivity index (χ1v) is 9.62. The number of ether oxygens (including phenoxy) is 1. The molecule has 0 saturated heterocycles. The number of carbonyl (C=O) groups excluding carboxylic acids is 2. The van der Waals surface area contributed by atoms with Gasteiger partial charge in [0.05, 0.1) is 6.61 Å². The van der Waals surface area contributed by atoms with Crippen LogP contribution in [0, 0.1) is 5.92 Å². The Kier molecular flexibility index (Phi) is 6.41. The van der Waals surface area contributed by atoms with Crippen molar-refractivity contribution in [3.8, 4) is 5.75 Å². The highest BCUT2D eigenvalue weighted by atomic mass is 35.5. The Bertz CT molecular complexity index is 854. The van der Waals surface area contributed by atoms with Gasteiger partial charge >= 0.3 is 6.03 Å². The number of nitrogens with one attached hydrogen (secondary N) is 2. The summed E-state index contributed by atoms with van der Waals surface area (Å²) in [5, 5.41) is 6.33. The number of benzene rings is 2. The molecule has 0 radical (unpaired) electrons. The van der Waals surface area contributed by atoms with Gasteiger partial charge < -0.3 is 20.3 Å². The molecule has 7 heteroatoms. The summed E-state index contributed by atoms with van der Waals surface area (Å²) in [7, 11) is 1.75. The molecule has 2 aromatic carbocycles. The zero-order valence-electron chi connectivity index (χ0n) is 16.0. The lowest BCUT2D eigenvalue weighted by molar-refractivity contribution is -0.116. The first-order chi connectivity index (χ1) is 13.4. The van der Waals surface area contributed by atoms with Gasteiger partial charge in [0, 0.05) is 42.3 Å². The highest BCUT2D eigenvalue weighted by Gasteiger charge is 2.16. The number of hydrogen-bond acceptors (Lipinski definition) is 3. The number of carbonyl (C=O) groups is 2. The van der Waals surface area contributed by atoms with Crippen LogP contribution in [0.2, 0.25) is 5.02 Å². The molecule has 0 spiro atoms. The number of hydrogen-bond donors (Lipinski definition) is 2. The van der Waals surface area contributed by atoms with Gasteiger partial charge in [-0.2, -0.15) is 0 Å². The zero-order valence-corrected chi connectivity index (χ0v) is 16.8. The second-order valence-electron chi connectivity index (χ2n) is 7.10. The summed E-state index contributed by atoms with van der Waals surface area (Å²) >= 11 is 5.86. The summed E-state index contributed by atoms with van der Waals surface area (Å²) in [6.07, 6.45) is 1.22. The molecule has 0 aliphatic carbocycles. The second-order valence-corrected chi connectivity index (χ2v) is 7.54. The van der Waals surface area contributed by atoms with Gasteiger partial charge in [-0.25, -0.2) is 4.79 Å². The highest BCUT2D eigenvalue weighted by Crippen LogP contribution is 2.27. The van der Waals surface area contributed by atoms with Crippen LogP contribution in [0.25, 0.3) is 0 Å². The van der Waals surface area contributed by atoms with Crippen LogP contribution in [0.5, 0.6) is 5.75 Å². The van der Waals surface area contributed by atoms with Crippen molar-refractivity contribution in [1.29, 1.82) is 0 Å². The zero-order chi connectivity index (χ0) is 20.1. The van der Waals surface area contributed by atoms with Crippen LogP contribution in [0.4, 0.5) is 16.2 Å². The molecule has 1 aliphatic rings. The fourth-order valence-electron chi connectivity index (χ4n) is 3.04. The summed E-state index contributed by atoms with van der Waals surface area (Å²) in [6, 6.07) is 12.5. The Morgan fingerprint density at radius 2 is 2.00 bits per heavy atom. The van der Waals surface area contributed by atoms with Crippen molar-refractivity contribution in [3.63, 3.8) is 0 Å². The molecule has 3 rings (SSSR count). The first kappa shape index (κ1) is 20.0. The van der Waals surface area contributed by atoms with Crippen LogP contribution in [-0.4, -0.2) is 37.0 Å². The summed E-state index contributed by atoms with van der Waals surface area (Å²) in [5.41, 5.74) is 2.64. The average molecular weight is 402 g/mol. The quantitative estimate of drug-likeness (QED) is 0.753. The number of amides is 3. The van der Waals surface area contributed by atoms with Gasteiger partial charge in [-0.1, -0.05) is 18.5 Å². The molecular weight excluding hydrogens is 378 g/mol. The molecule has 6 nitrogen and oxygen atoms in total. The van der Waals surface area contributed by atoms with Crippen molar-refractivity contribution in [2.24, 2.45) is 5.92 Å².